The molecule has 0 aliphatic heterocycles. The highest BCUT2D eigenvalue weighted by Crippen LogP contribution is 2.89. The molecule has 35 heavy (non-hydrogen) atoms. The molecular weight excluding hydrogens is 424 g/mol. The summed E-state index contributed by atoms with van der Waals surface area (Å²) < 4.78 is 0. The Labute approximate surface area is 218 Å². The van der Waals surface area contributed by atoms with E-state index in [-0.39, 0.29) is 11.5 Å². The predicted octanol–water partition coefficient (Wildman–Crippen LogP) is 9.30. The van der Waals surface area contributed by atoms with E-state index in [2.05, 4.69) is 68.9 Å². The first kappa shape index (κ1) is 26.3. The van der Waals surface area contributed by atoms with Gasteiger partial charge in [0.25, 0.3) is 0 Å². The van der Waals surface area contributed by atoms with Crippen LogP contribution in [0.5, 0.6) is 0 Å². The first-order valence-electron chi connectivity index (χ1n) is 15.5. The molecule has 5 fully saturated rings. The Balaban J connectivity index is 1.40. The fourth-order valence-electron chi connectivity index (χ4n) is 12.3. The molecule has 0 amide bonds. The first-order valence-corrected chi connectivity index (χ1v) is 15.5. The smallest absolute Gasteiger partial charge is 0.0594 e. The van der Waals surface area contributed by atoms with Crippen molar-refractivity contribution in [2.75, 3.05) is 0 Å². The van der Waals surface area contributed by atoms with E-state index in [1.165, 1.54) is 63.4 Å². The summed E-state index contributed by atoms with van der Waals surface area (Å²) >= 11 is 0. The average Bonchev–Trinajstić information content (AvgIpc) is 3.36. The minimum Gasteiger partial charge on any atom is -0.393 e. The third-order valence-corrected chi connectivity index (χ3v) is 14.8. The van der Waals surface area contributed by atoms with Crippen LogP contribution in [0.15, 0.2) is 12.2 Å². The lowest BCUT2D eigenvalue weighted by molar-refractivity contribution is -0.162. The second kappa shape index (κ2) is 8.10. The molecule has 5 aliphatic rings. The number of aliphatic hydroxyl groups is 1. The lowest BCUT2D eigenvalue weighted by Gasteiger charge is -2.63. The van der Waals surface area contributed by atoms with Crippen LogP contribution in [0.3, 0.4) is 0 Å². The number of rotatable bonds is 6. The molecular formula is C34H58O. The highest BCUT2D eigenvalue weighted by molar-refractivity contribution is 5.30. The van der Waals surface area contributed by atoms with Crippen molar-refractivity contribution in [3.63, 3.8) is 0 Å². The molecule has 0 unspecified atom stereocenters. The van der Waals surface area contributed by atoms with Crippen LogP contribution in [-0.2, 0) is 0 Å². The van der Waals surface area contributed by atoms with Crippen molar-refractivity contribution in [2.24, 2.45) is 68.5 Å². The van der Waals surface area contributed by atoms with E-state index in [9.17, 15) is 5.11 Å². The van der Waals surface area contributed by atoms with Gasteiger partial charge in [0.05, 0.1) is 6.10 Å². The zero-order valence-electron chi connectivity index (χ0n) is 24.8. The Morgan fingerprint density at radius 2 is 1.46 bits per heavy atom. The summed E-state index contributed by atoms with van der Waals surface area (Å²) in [6.07, 6.45) is 13.8. The molecule has 0 bridgehead atoms. The van der Waals surface area contributed by atoms with Crippen molar-refractivity contribution in [3.05, 3.63) is 12.2 Å². The molecule has 5 rings (SSSR count). The number of allylic oxidation sites excluding steroid dienone is 1. The van der Waals surface area contributed by atoms with Crippen LogP contribution < -0.4 is 0 Å². The summed E-state index contributed by atoms with van der Waals surface area (Å²) in [6, 6.07) is 0. The summed E-state index contributed by atoms with van der Waals surface area (Å²) in [4.78, 5) is 0. The van der Waals surface area contributed by atoms with E-state index < -0.39 is 0 Å². The molecule has 0 saturated heterocycles. The predicted molar refractivity (Wildman–Crippen MR) is 149 cm³/mol. The van der Waals surface area contributed by atoms with E-state index in [1.54, 1.807) is 0 Å². The zero-order chi connectivity index (χ0) is 25.8. The van der Waals surface area contributed by atoms with Gasteiger partial charge in [0, 0.05) is 0 Å². The van der Waals surface area contributed by atoms with Gasteiger partial charge in [-0.15, -0.1) is 0 Å². The molecule has 0 radical (unpaired) electrons. The van der Waals surface area contributed by atoms with Crippen LogP contribution in [0.1, 0.15) is 127 Å². The minimum absolute atomic E-state index is 0.0935. The lowest BCUT2D eigenvalue weighted by Crippen LogP contribution is -2.57. The molecule has 1 nitrogen and oxygen atoms in total. The topological polar surface area (TPSA) is 20.2 Å². The quantitative estimate of drug-likeness (QED) is 0.374. The van der Waals surface area contributed by atoms with Crippen LogP contribution in [0.4, 0.5) is 0 Å². The van der Waals surface area contributed by atoms with Gasteiger partial charge in [-0.2, -0.15) is 0 Å². The molecule has 0 aromatic heterocycles. The minimum atomic E-state index is -0.0935. The van der Waals surface area contributed by atoms with Crippen LogP contribution in [0.25, 0.3) is 0 Å². The van der Waals surface area contributed by atoms with Gasteiger partial charge >= 0.3 is 0 Å². The maximum Gasteiger partial charge on any atom is 0.0594 e. The Hall–Kier alpha value is -0.300. The van der Waals surface area contributed by atoms with Gasteiger partial charge in [-0.3, -0.25) is 0 Å². The van der Waals surface area contributed by atoms with Gasteiger partial charge in [-0.25, -0.2) is 0 Å². The van der Waals surface area contributed by atoms with E-state index in [1.807, 2.05) is 0 Å². The molecule has 0 heterocycles. The Morgan fingerprint density at radius 3 is 2.09 bits per heavy atom. The van der Waals surface area contributed by atoms with Gasteiger partial charge in [-0.1, -0.05) is 67.5 Å². The highest BCUT2D eigenvalue weighted by Gasteiger charge is 2.82. The second-order valence-electron chi connectivity index (χ2n) is 16.3. The average molecular weight is 483 g/mol. The van der Waals surface area contributed by atoms with Crippen LogP contribution >= 0.6 is 0 Å². The fraction of sp³-hybridized carbons (Fsp3) is 0.941. The summed E-state index contributed by atoms with van der Waals surface area (Å²) in [6.45, 7) is 26.8. The van der Waals surface area contributed by atoms with E-state index in [0.29, 0.717) is 27.6 Å². The summed E-state index contributed by atoms with van der Waals surface area (Å²) in [7, 11) is 0. The summed E-state index contributed by atoms with van der Waals surface area (Å²) in [5, 5.41) is 10.9. The third kappa shape index (κ3) is 3.27. The molecule has 11 atom stereocenters. The third-order valence-electron chi connectivity index (χ3n) is 14.8. The van der Waals surface area contributed by atoms with Crippen molar-refractivity contribution in [1.29, 1.82) is 0 Å². The highest BCUT2D eigenvalue weighted by atomic mass is 16.3. The van der Waals surface area contributed by atoms with Crippen molar-refractivity contribution in [3.8, 4) is 0 Å². The SMILES string of the molecule is C=C(C)[C@@H](C)[C@@H](C[C@@H](C)[C@H]1CC[C@@]2(C)[C@@H]3CC[C@H]4C(C)(C)[C@@H](O)CC[C@@]45C[C@@]35CC[C@]12C)C(C)C. The van der Waals surface area contributed by atoms with Crippen LogP contribution in [0, 0.1) is 68.5 Å². The molecule has 5 aliphatic carbocycles. The fourth-order valence-corrected chi connectivity index (χ4v) is 12.3. The van der Waals surface area contributed by atoms with E-state index in [4.69, 9.17) is 0 Å². The van der Waals surface area contributed by atoms with Crippen molar-refractivity contribution < 1.29 is 5.11 Å². The Morgan fingerprint density at radius 1 is 0.829 bits per heavy atom. The van der Waals surface area contributed by atoms with Crippen molar-refractivity contribution in [2.45, 2.75) is 133 Å². The second-order valence-corrected chi connectivity index (χ2v) is 16.3. The zero-order valence-corrected chi connectivity index (χ0v) is 24.8. The van der Waals surface area contributed by atoms with E-state index in [0.717, 1.165) is 41.9 Å². The number of aliphatic hydroxyl groups excluding tert-OH is 1. The maximum atomic E-state index is 10.9. The van der Waals surface area contributed by atoms with Gasteiger partial charge in [0.1, 0.15) is 0 Å². The summed E-state index contributed by atoms with van der Waals surface area (Å²) in [5.41, 5.74) is 3.64. The van der Waals surface area contributed by atoms with E-state index >= 15 is 0 Å². The van der Waals surface area contributed by atoms with Crippen molar-refractivity contribution >= 4 is 0 Å². The van der Waals surface area contributed by atoms with Crippen LogP contribution in [0.2, 0.25) is 0 Å². The van der Waals surface area contributed by atoms with Gasteiger partial charge in [-0.05, 0) is 140 Å². The Bertz CT molecular complexity index is 855. The Kier molecular flexibility index (Phi) is 6.09. The molecule has 200 valence electrons. The van der Waals surface area contributed by atoms with Gasteiger partial charge < -0.3 is 5.11 Å². The monoisotopic (exact) mass is 482 g/mol. The lowest BCUT2D eigenvalue weighted by atomic mass is 9.41. The first-order chi connectivity index (χ1) is 16.2. The summed E-state index contributed by atoms with van der Waals surface area (Å²) in [5.74, 6) is 5.45. The molecule has 0 aromatic rings. The maximum absolute atomic E-state index is 10.9. The number of fused-ring (bicyclic) bond motifs is 2. The number of hydrogen-bond donors (Lipinski definition) is 1. The number of hydrogen-bond acceptors (Lipinski definition) is 1. The van der Waals surface area contributed by atoms with Crippen molar-refractivity contribution in [1.82, 2.24) is 0 Å². The largest absolute Gasteiger partial charge is 0.393 e. The van der Waals surface area contributed by atoms with Gasteiger partial charge in [0.15, 0.2) is 0 Å². The normalized spacial score (nSPS) is 50.4. The molecule has 1 N–H and O–H groups in total. The standard InChI is InChI=1S/C34H58O/c1-21(2)24(6)25(22(3)4)19-23(5)26-13-15-32(10)28-12-11-27-30(7,8)29(35)14-16-33(27)20-34(28,33)18-17-31(26,32)9/h22-29,35H,1,11-20H2,2-10H3/t23-,24-,25+,26-,27+,28+,29+,31-,32+,33-,34+/m1/s1. The van der Waals surface area contributed by atoms with Crippen LogP contribution in [-0.4, -0.2) is 11.2 Å². The van der Waals surface area contributed by atoms with Gasteiger partial charge in [0.2, 0.25) is 0 Å². The molecule has 0 aromatic carbocycles. The molecule has 5 saturated carbocycles. The molecule has 2 spiro atoms. The molecule has 1 heteroatoms.